The van der Waals surface area contributed by atoms with E-state index in [-0.39, 0.29) is 6.04 Å². The molecule has 2 aromatic rings. The molecule has 6 nitrogen and oxygen atoms in total. The average Bonchev–Trinajstić information content (AvgIpc) is 2.98. The third kappa shape index (κ3) is 2.54. The van der Waals surface area contributed by atoms with Crippen molar-refractivity contribution >= 4 is 11.6 Å². The number of H-pyrrole nitrogens is 1. The Hall–Kier alpha value is -1.40. The van der Waals surface area contributed by atoms with Crippen molar-refractivity contribution in [3.8, 4) is 0 Å². The van der Waals surface area contributed by atoms with Crippen LogP contribution in [0.25, 0.3) is 0 Å². The van der Waals surface area contributed by atoms with Crippen molar-refractivity contribution in [3.05, 3.63) is 28.8 Å². The molecular weight excluding hydrogens is 252 g/mol. The Labute approximate surface area is 111 Å². The predicted octanol–water partition coefficient (Wildman–Crippen LogP) is 1.76. The molecule has 2 rings (SSSR count). The lowest BCUT2D eigenvalue weighted by Gasteiger charge is -2.17. The third-order valence-electron chi connectivity index (χ3n) is 2.68. The zero-order chi connectivity index (χ0) is 13.0. The maximum atomic E-state index is 6.25. The van der Waals surface area contributed by atoms with E-state index in [2.05, 4.69) is 32.7 Å². The molecule has 2 heterocycles. The fourth-order valence-corrected chi connectivity index (χ4v) is 2.19. The molecule has 2 aromatic heterocycles. The molecule has 0 spiro atoms. The summed E-state index contributed by atoms with van der Waals surface area (Å²) in [6, 6.07) is -0.0877. The minimum absolute atomic E-state index is 0.0877. The molecule has 1 atom stereocenters. The van der Waals surface area contributed by atoms with Gasteiger partial charge < -0.3 is 5.32 Å². The van der Waals surface area contributed by atoms with Gasteiger partial charge in [-0.2, -0.15) is 20.5 Å². The van der Waals surface area contributed by atoms with Crippen molar-refractivity contribution < 1.29 is 0 Å². The summed E-state index contributed by atoms with van der Waals surface area (Å²) in [7, 11) is 0. The highest BCUT2D eigenvalue weighted by Gasteiger charge is 2.23. The minimum atomic E-state index is -0.0877. The Morgan fingerprint density at radius 2 is 2.28 bits per heavy atom. The lowest BCUT2D eigenvalue weighted by Crippen LogP contribution is -2.25. The Bertz CT molecular complexity index is 478. The van der Waals surface area contributed by atoms with Crippen molar-refractivity contribution in [1.29, 1.82) is 0 Å². The summed E-state index contributed by atoms with van der Waals surface area (Å²) in [5.74, 6) is 0. The van der Waals surface area contributed by atoms with Crippen molar-refractivity contribution in [2.45, 2.75) is 32.9 Å². The smallest absolute Gasteiger partial charge is 0.106 e. The van der Waals surface area contributed by atoms with Crippen LogP contribution in [0.15, 0.2) is 12.4 Å². The molecule has 2 N–H and O–H groups in total. The third-order valence-corrected chi connectivity index (χ3v) is 2.97. The predicted molar refractivity (Wildman–Crippen MR) is 69.4 cm³/mol. The normalized spacial score (nSPS) is 12.8. The second kappa shape index (κ2) is 5.97. The van der Waals surface area contributed by atoms with Crippen molar-refractivity contribution in [2.75, 3.05) is 6.54 Å². The monoisotopic (exact) mass is 268 g/mol. The molecule has 0 saturated carbocycles. The summed E-state index contributed by atoms with van der Waals surface area (Å²) in [6.07, 6.45) is 4.38. The van der Waals surface area contributed by atoms with Gasteiger partial charge in [-0.15, -0.1) is 0 Å². The fourth-order valence-electron chi connectivity index (χ4n) is 1.94. The van der Waals surface area contributed by atoms with E-state index in [0.717, 1.165) is 30.9 Å². The highest BCUT2D eigenvalue weighted by atomic mass is 35.5. The van der Waals surface area contributed by atoms with E-state index < -0.39 is 0 Å². The molecule has 98 valence electrons. The molecule has 0 aliphatic carbocycles. The van der Waals surface area contributed by atoms with Gasteiger partial charge in [-0.25, -0.2) is 0 Å². The summed E-state index contributed by atoms with van der Waals surface area (Å²) < 4.78 is 1.92. The van der Waals surface area contributed by atoms with Gasteiger partial charge in [0.25, 0.3) is 0 Å². The van der Waals surface area contributed by atoms with Crippen LogP contribution in [0.3, 0.4) is 0 Å². The topological polar surface area (TPSA) is 71.4 Å². The van der Waals surface area contributed by atoms with Gasteiger partial charge in [0, 0.05) is 6.54 Å². The van der Waals surface area contributed by atoms with Crippen molar-refractivity contribution in [2.24, 2.45) is 0 Å². The summed E-state index contributed by atoms with van der Waals surface area (Å²) in [4.78, 5) is 0. The van der Waals surface area contributed by atoms with E-state index in [9.17, 15) is 0 Å². The van der Waals surface area contributed by atoms with Crippen LogP contribution in [0.1, 0.15) is 37.7 Å². The highest BCUT2D eigenvalue weighted by Crippen LogP contribution is 2.27. The second-order valence-corrected chi connectivity index (χ2v) is 4.39. The van der Waals surface area contributed by atoms with Gasteiger partial charge in [-0.05, 0) is 13.0 Å². The average molecular weight is 269 g/mol. The van der Waals surface area contributed by atoms with Crippen LogP contribution in [0.4, 0.5) is 0 Å². The summed E-state index contributed by atoms with van der Waals surface area (Å²) >= 11 is 6.25. The maximum absolute atomic E-state index is 6.25. The van der Waals surface area contributed by atoms with Gasteiger partial charge in [0.1, 0.15) is 5.69 Å². The van der Waals surface area contributed by atoms with Crippen LogP contribution < -0.4 is 5.32 Å². The number of hydrogen-bond donors (Lipinski definition) is 2. The Morgan fingerprint density at radius 1 is 1.44 bits per heavy atom. The molecule has 0 radical (unpaired) electrons. The molecule has 0 bridgehead atoms. The molecule has 0 aliphatic heterocycles. The Kier molecular flexibility index (Phi) is 4.33. The van der Waals surface area contributed by atoms with Crippen LogP contribution in [-0.2, 0) is 6.54 Å². The van der Waals surface area contributed by atoms with Gasteiger partial charge in [-0.3, -0.25) is 4.68 Å². The van der Waals surface area contributed by atoms with E-state index >= 15 is 0 Å². The number of rotatable bonds is 6. The van der Waals surface area contributed by atoms with Crippen LogP contribution >= 0.6 is 11.6 Å². The van der Waals surface area contributed by atoms with Gasteiger partial charge in [0.05, 0.1) is 29.2 Å². The molecule has 0 aliphatic rings. The number of aryl methyl sites for hydroxylation is 1. The first kappa shape index (κ1) is 13.0. The standard InChI is InChI=1S/C11H17ClN6/c1-3-5-18-11(8(12)6-15-18)10(13-4-2)9-7-14-17-16-9/h6-7,10,13H,3-5H2,1-2H3,(H,14,16,17). The minimum Gasteiger partial charge on any atom is -0.304 e. The zero-order valence-corrected chi connectivity index (χ0v) is 11.3. The van der Waals surface area contributed by atoms with Gasteiger partial charge in [-0.1, -0.05) is 25.4 Å². The van der Waals surface area contributed by atoms with Crippen LogP contribution in [0, 0.1) is 0 Å². The molecule has 1 unspecified atom stereocenters. The number of halogens is 1. The van der Waals surface area contributed by atoms with E-state index in [1.165, 1.54) is 0 Å². The number of aromatic amines is 1. The first-order chi connectivity index (χ1) is 8.77. The molecule has 0 aromatic carbocycles. The molecule has 18 heavy (non-hydrogen) atoms. The zero-order valence-electron chi connectivity index (χ0n) is 10.5. The lowest BCUT2D eigenvalue weighted by molar-refractivity contribution is 0.514. The Balaban J connectivity index is 2.39. The van der Waals surface area contributed by atoms with Crippen LogP contribution in [-0.4, -0.2) is 31.7 Å². The number of nitrogens with one attached hydrogen (secondary N) is 2. The quantitative estimate of drug-likeness (QED) is 0.838. The summed E-state index contributed by atoms with van der Waals surface area (Å²) in [5.41, 5.74) is 1.76. The fraction of sp³-hybridized carbons (Fsp3) is 0.545. The Morgan fingerprint density at radius 3 is 2.89 bits per heavy atom. The first-order valence-electron chi connectivity index (χ1n) is 6.08. The van der Waals surface area contributed by atoms with E-state index in [1.807, 2.05) is 11.6 Å². The van der Waals surface area contributed by atoms with Gasteiger partial charge in [0.15, 0.2) is 0 Å². The SMILES string of the molecule is CCCn1ncc(Cl)c1C(NCC)c1cn[nH]n1. The summed E-state index contributed by atoms with van der Waals surface area (Å²) in [5, 5.41) is 18.9. The van der Waals surface area contributed by atoms with Crippen LogP contribution in [0.2, 0.25) is 5.02 Å². The number of aromatic nitrogens is 5. The van der Waals surface area contributed by atoms with E-state index in [1.54, 1.807) is 12.4 Å². The highest BCUT2D eigenvalue weighted by molar-refractivity contribution is 6.31. The lowest BCUT2D eigenvalue weighted by atomic mass is 10.1. The van der Waals surface area contributed by atoms with E-state index in [0.29, 0.717) is 5.02 Å². The number of nitrogens with zero attached hydrogens (tertiary/aromatic N) is 4. The van der Waals surface area contributed by atoms with Gasteiger partial charge in [0.2, 0.25) is 0 Å². The first-order valence-corrected chi connectivity index (χ1v) is 6.46. The van der Waals surface area contributed by atoms with Crippen molar-refractivity contribution in [1.82, 2.24) is 30.5 Å². The van der Waals surface area contributed by atoms with Crippen LogP contribution in [0.5, 0.6) is 0 Å². The molecular formula is C11H17ClN6. The molecule has 0 fully saturated rings. The van der Waals surface area contributed by atoms with Crippen molar-refractivity contribution in [3.63, 3.8) is 0 Å². The second-order valence-electron chi connectivity index (χ2n) is 3.99. The van der Waals surface area contributed by atoms with Gasteiger partial charge >= 0.3 is 0 Å². The largest absolute Gasteiger partial charge is 0.304 e. The molecule has 0 amide bonds. The maximum Gasteiger partial charge on any atom is 0.106 e. The summed E-state index contributed by atoms with van der Waals surface area (Å²) in [6.45, 7) is 5.80. The number of hydrogen-bond acceptors (Lipinski definition) is 4. The van der Waals surface area contributed by atoms with E-state index in [4.69, 9.17) is 11.6 Å². The molecule has 0 saturated heterocycles. The molecule has 7 heteroatoms.